The van der Waals surface area contributed by atoms with Gasteiger partial charge in [0.2, 0.25) is 0 Å². The highest BCUT2D eigenvalue weighted by Gasteiger charge is 2.30. The van der Waals surface area contributed by atoms with Gasteiger partial charge in [-0.2, -0.15) is 13.2 Å². The second-order valence-corrected chi connectivity index (χ2v) is 2.70. The van der Waals surface area contributed by atoms with Crippen LogP contribution in [-0.2, 0) is 12.7 Å². The van der Waals surface area contributed by atoms with Gasteiger partial charge in [-0.1, -0.05) is 6.07 Å². The number of halogens is 3. The molecule has 74 valence electrons. The summed E-state index contributed by atoms with van der Waals surface area (Å²) >= 11 is 0. The summed E-state index contributed by atoms with van der Waals surface area (Å²) in [7, 11) is 0. The Morgan fingerprint density at radius 1 is 1.29 bits per heavy atom. The van der Waals surface area contributed by atoms with Gasteiger partial charge in [-0.25, -0.2) is 4.85 Å². The molecule has 1 rings (SSSR count). The van der Waals surface area contributed by atoms with E-state index in [2.05, 4.69) is 4.85 Å². The molecule has 0 aliphatic rings. The van der Waals surface area contributed by atoms with Crippen LogP contribution in [0.4, 0.5) is 18.9 Å². The second-order valence-electron chi connectivity index (χ2n) is 2.70. The molecule has 0 fully saturated rings. The molecule has 0 spiro atoms. The highest BCUT2D eigenvalue weighted by Crippen LogP contribution is 2.32. The molecule has 0 atom stereocenters. The lowest BCUT2D eigenvalue weighted by atomic mass is 10.1. The average molecular weight is 200 g/mol. The van der Waals surface area contributed by atoms with Gasteiger partial charge in [0.15, 0.2) is 5.69 Å². The molecule has 5 heteroatoms. The van der Waals surface area contributed by atoms with Crippen molar-refractivity contribution >= 4 is 5.69 Å². The largest absolute Gasteiger partial charge is 0.415 e. The molecule has 0 heterocycles. The smallest absolute Gasteiger partial charge is 0.327 e. The third-order valence-corrected chi connectivity index (χ3v) is 1.67. The molecule has 0 bridgehead atoms. The maximum Gasteiger partial charge on any atom is 0.415 e. The van der Waals surface area contributed by atoms with Crippen LogP contribution in [0, 0.1) is 6.57 Å². The van der Waals surface area contributed by atoms with Gasteiger partial charge < -0.3 is 5.73 Å². The van der Waals surface area contributed by atoms with Crippen molar-refractivity contribution in [3.05, 3.63) is 40.7 Å². The summed E-state index contributed by atoms with van der Waals surface area (Å²) in [6.45, 7) is 6.63. The van der Waals surface area contributed by atoms with Crippen LogP contribution in [0.25, 0.3) is 4.85 Å². The molecular formula is C9H7F3N2. The molecule has 0 amide bonds. The predicted octanol–water partition coefficient (Wildman–Crippen LogP) is 2.71. The van der Waals surface area contributed by atoms with Crippen molar-refractivity contribution in [3.8, 4) is 0 Å². The predicted molar refractivity (Wildman–Crippen MR) is 45.6 cm³/mol. The van der Waals surface area contributed by atoms with E-state index in [9.17, 15) is 13.2 Å². The Kier molecular flexibility index (Phi) is 2.77. The Bertz CT molecular complexity index is 377. The van der Waals surface area contributed by atoms with Gasteiger partial charge >= 0.3 is 6.18 Å². The van der Waals surface area contributed by atoms with Crippen LogP contribution in [0.3, 0.4) is 0 Å². The van der Waals surface area contributed by atoms with Crippen LogP contribution >= 0.6 is 0 Å². The zero-order chi connectivity index (χ0) is 10.8. The van der Waals surface area contributed by atoms with Crippen LogP contribution in [0.1, 0.15) is 11.1 Å². The Morgan fingerprint density at radius 3 is 2.36 bits per heavy atom. The Balaban J connectivity index is 3.26. The van der Waals surface area contributed by atoms with E-state index in [-0.39, 0.29) is 12.2 Å². The minimum absolute atomic E-state index is 0.00750. The highest BCUT2D eigenvalue weighted by molar-refractivity contribution is 5.50. The summed E-state index contributed by atoms with van der Waals surface area (Å²) in [5.41, 5.74) is 4.66. The van der Waals surface area contributed by atoms with Crippen LogP contribution in [0.15, 0.2) is 18.2 Å². The van der Waals surface area contributed by atoms with Crippen molar-refractivity contribution < 1.29 is 13.2 Å². The van der Waals surface area contributed by atoms with Gasteiger partial charge in [0.1, 0.15) is 0 Å². The van der Waals surface area contributed by atoms with Crippen molar-refractivity contribution in [3.63, 3.8) is 0 Å². The van der Waals surface area contributed by atoms with Crippen molar-refractivity contribution in [2.24, 2.45) is 5.73 Å². The minimum atomic E-state index is -4.43. The van der Waals surface area contributed by atoms with E-state index in [1.807, 2.05) is 0 Å². The number of rotatable bonds is 1. The maximum atomic E-state index is 12.3. The molecule has 0 aliphatic heterocycles. The Hall–Kier alpha value is -1.54. The van der Waals surface area contributed by atoms with E-state index in [1.54, 1.807) is 0 Å². The van der Waals surface area contributed by atoms with Crippen molar-refractivity contribution in [2.75, 3.05) is 0 Å². The quantitative estimate of drug-likeness (QED) is 0.694. The first-order chi connectivity index (χ1) is 6.47. The van der Waals surface area contributed by atoms with E-state index in [4.69, 9.17) is 12.3 Å². The van der Waals surface area contributed by atoms with E-state index in [1.165, 1.54) is 6.07 Å². The molecule has 0 aliphatic carbocycles. The summed E-state index contributed by atoms with van der Waals surface area (Å²) < 4.78 is 36.8. The first-order valence-corrected chi connectivity index (χ1v) is 3.76. The standard InChI is InChI=1S/C9H7F3N2/c1-14-8-3-6(5-13)2-7(4-8)9(10,11)12/h2-4H,5,13H2. The molecular weight excluding hydrogens is 193 g/mol. The van der Waals surface area contributed by atoms with Gasteiger partial charge in [-0.05, 0) is 17.7 Å². The molecule has 2 nitrogen and oxygen atoms in total. The van der Waals surface area contributed by atoms with Crippen molar-refractivity contribution in [1.82, 2.24) is 0 Å². The molecule has 0 radical (unpaired) electrons. The zero-order valence-electron chi connectivity index (χ0n) is 7.10. The van der Waals surface area contributed by atoms with Gasteiger partial charge in [0.25, 0.3) is 0 Å². The van der Waals surface area contributed by atoms with Crippen LogP contribution < -0.4 is 5.73 Å². The molecule has 14 heavy (non-hydrogen) atoms. The van der Waals surface area contributed by atoms with Gasteiger partial charge in [0.05, 0.1) is 6.57 Å². The molecule has 1 aromatic carbocycles. The summed E-state index contributed by atoms with van der Waals surface area (Å²) in [4.78, 5) is 2.95. The Morgan fingerprint density at radius 2 is 1.93 bits per heavy atom. The van der Waals surface area contributed by atoms with Crippen molar-refractivity contribution in [2.45, 2.75) is 12.7 Å². The molecule has 0 aromatic heterocycles. The fourth-order valence-corrected chi connectivity index (χ4v) is 1.02. The summed E-state index contributed by atoms with van der Waals surface area (Å²) in [6.07, 6.45) is -4.43. The molecule has 0 saturated heterocycles. The lowest BCUT2D eigenvalue weighted by Crippen LogP contribution is -2.06. The number of hydrogen-bond donors (Lipinski definition) is 1. The van der Waals surface area contributed by atoms with Gasteiger partial charge in [-0.15, -0.1) is 0 Å². The van der Waals surface area contributed by atoms with Crippen LogP contribution in [-0.4, -0.2) is 0 Å². The number of benzene rings is 1. The van der Waals surface area contributed by atoms with E-state index < -0.39 is 11.7 Å². The van der Waals surface area contributed by atoms with Gasteiger partial charge in [0, 0.05) is 12.1 Å². The number of alkyl halides is 3. The lowest BCUT2D eigenvalue weighted by Gasteiger charge is -2.08. The first kappa shape index (κ1) is 10.5. The van der Waals surface area contributed by atoms with Crippen molar-refractivity contribution in [1.29, 1.82) is 0 Å². The topological polar surface area (TPSA) is 30.4 Å². The number of nitrogens with two attached hydrogens (primary N) is 1. The fraction of sp³-hybridized carbons (Fsp3) is 0.222. The van der Waals surface area contributed by atoms with E-state index in [0.717, 1.165) is 12.1 Å². The molecule has 2 N–H and O–H groups in total. The third kappa shape index (κ3) is 2.24. The first-order valence-electron chi connectivity index (χ1n) is 3.76. The summed E-state index contributed by atoms with van der Waals surface area (Å²) in [6, 6.07) is 3.11. The van der Waals surface area contributed by atoms with Crippen LogP contribution in [0.2, 0.25) is 0 Å². The summed E-state index contributed by atoms with van der Waals surface area (Å²) in [5, 5.41) is 0. The minimum Gasteiger partial charge on any atom is -0.327 e. The lowest BCUT2D eigenvalue weighted by molar-refractivity contribution is -0.137. The monoisotopic (exact) mass is 200 g/mol. The normalized spacial score (nSPS) is 11.1. The van der Waals surface area contributed by atoms with E-state index >= 15 is 0 Å². The number of nitrogens with zero attached hydrogens (tertiary/aromatic N) is 1. The second kappa shape index (κ2) is 3.68. The molecule has 0 saturated carbocycles. The third-order valence-electron chi connectivity index (χ3n) is 1.67. The average Bonchev–Trinajstić information content (AvgIpc) is 2.15. The number of hydrogen-bond acceptors (Lipinski definition) is 1. The van der Waals surface area contributed by atoms with Gasteiger partial charge in [-0.3, -0.25) is 0 Å². The highest BCUT2D eigenvalue weighted by atomic mass is 19.4. The summed E-state index contributed by atoms with van der Waals surface area (Å²) in [5.74, 6) is 0. The van der Waals surface area contributed by atoms with Crippen LogP contribution in [0.5, 0.6) is 0 Å². The maximum absolute atomic E-state index is 12.3. The molecule has 1 aromatic rings. The fourth-order valence-electron chi connectivity index (χ4n) is 1.02. The molecule has 0 unspecified atom stereocenters. The van der Waals surface area contributed by atoms with E-state index in [0.29, 0.717) is 5.56 Å². The Labute approximate surface area is 79.0 Å². The SMILES string of the molecule is [C-]#[N+]c1cc(CN)cc(C(F)(F)F)c1. The zero-order valence-corrected chi connectivity index (χ0v) is 7.10.